The minimum atomic E-state index is -0.676. The number of carbonyl (C=O) groups excluding carboxylic acids is 2. The molecule has 1 atom stereocenters. The van der Waals surface area contributed by atoms with Crippen LogP contribution in [-0.2, 0) is 14.5 Å². The highest BCUT2D eigenvalue weighted by atomic mass is 17.1. The molecule has 0 aromatic rings. The minimum absolute atomic E-state index is 0.0410. The lowest BCUT2D eigenvalue weighted by Gasteiger charge is -2.11. The standard InChI is InChI=1S/C21H40O4/c1-3-4-5-6-7-8-9-10-11-12-13-14-15-16-17-20(18-19(2)22)21(23)25-24/h20,24H,3-18H2,1-2H3. The van der Waals surface area contributed by atoms with Gasteiger partial charge in [-0.3, -0.25) is 0 Å². The van der Waals surface area contributed by atoms with Gasteiger partial charge in [0.15, 0.2) is 0 Å². The number of Topliss-reactive ketones (excluding diaryl/α,β-unsaturated/α-hetero) is 1. The highest BCUT2D eigenvalue weighted by Gasteiger charge is 2.21. The smallest absolute Gasteiger partial charge is 0.301 e. The van der Waals surface area contributed by atoms with E-state index in [0.29, 0.717) is 6.42 Å². The van der Waals surface area contributed by atoms with E-state index in [4.69, 9.17) is 5.26 Å². The van der Waals surface area contributed by atoms with Gasteiger partial charge in [-0.25, -0.2) is 4.79 Å². The third-order valence-electron chi connectivity index (χ3n) is 4.86. The molecular formula is C21H40O4. The van der Waals surface area contributed by atoms with Gasteiger partial charge in [-0.15, -0.1) is 0 Å². The second kappa shape index (κ2) is 17.9. The minimum Gasteiger partial charge on any atom is -0.301 e. The van der Waals surface area contributed by atoms with Crippen LogP contribution in [0.4, 0.5) is 0 Å². The summed E-state index contributed by atoms with van der Waals surface area (Å²) in [5.41, 5.74) is 0. The van der Waals surface area contributed by atoms with Crippen molar-refractivity contribution in [1.82, 2.24) is 0 Å². The molecule has 0 saturated heterocycles. The number of carbonyl (C=O) groups is 2. The summed E-state index contributed by atoms with van der Waals surface area (Å²) in [7, 11) is 0. The van der Waals surface area contributed by atoms with Gasteiger partial charge in [-0.2, -0.15) is 5.26 Å². The number of ketones is 1. The first kappa shape index (κ1) is 24.1. The predicted octanol–water partition coefficient (Wildman–Crippen LogP) is 6.47. The van der Waals surface area contributed by atoms with Crippen LogP contribution < -0.4 is 0 Å². The van der Waals surface area contributed by atoms with Crippen LogP contribution in [0, 0.1) is 5.92 Å². The van der Waals surface area contributed by atoms with Crippen molar-refractivity contribution in [3.05, 3.63) is 0 Å². The zero-order valence-electron chi connectivity index (χ0n) is 16.6. The number of hydrogen-bond acceptors (Lipinski definition) is 4. The molecule has 0 aromatic heterocycles. The molecule has 0 radical (unpaired) electrons. The SMILES string of the molecule is CCCCCCCCCCCCCCCCC(CC(C)=O)C(=O)OO. The van der Waals surface area contributed by atoms with Crippen LogP contribution in [0.5, 0.6) is 0 Å². The zero-order chi connectivity index (χ0) is 18.8. The fraction of sp³-hybridized carbons (Fsp3) is 0.905. The normalized spacial score (nSPS) is 12.1. The lowest BCUT2D eigenvalue weighted by Crippen LogP contribution is -2.19. The Bertz CT molecular complexity index is 328. The van der Waals surface area contributed by atoms with Crippen LogP contribution in [0.2, 0.25) is 0 Å². The van der Waals surface area contributed by atoms with Crippen LogP contribution in [0.25, 0.3) is 0 Å². The first-order valence-electron chi connectivity index (χ1n) is 10.5. The molecule has 0 amide bonds. The van der Waals surface area contributed by atoms with Gasteiger partial charge in [-0.1, -0.05) is 96.8 Å². The van der Waals surface area contributed by atoms with Gasteiger partial charge >= 0.3 is 5.97 Å². The molecule has 4 heteroatoms. The second-order valence-corrected chi connectivity index (χ2v) is 7.40. The van der Waals surface area contributed by atoms with Crippen molar-refractivity contribution in [2.24, 2.45) is 5.92 Å². The monoisotopic (exact) mass is 356 g/mol. The molecule has 0 fully saturated rings. The molecule has 0 saturated carbocycles. The van der Waals surface area contributed by atoms with Gasteiger partial charge < -0.3 is 9.68 Å². The Morgan fingerprint density at radius 3 is 1.52 bits per heavy atom. The molecule has 0 bridgehead atoms. The summed E-state index contributed by atoms with van der Waals surface area (Å²) in [6.45, 7) is 3.72. The van der Waals surface area contributed by atoms with Crippen molar-refractivity contribution in [3.63, 3.8) is 0 Å². The third-order valence-corrected chi connectivity index (χ3v) is 4.86. The predicted molar refractivity (Wildman–Crippen MR) is 102 cm³/mol. The Hall–Kier alpha value is -0.900. The number of unbranched alkanes of at least 4 members (excludes halogenated alkanes) is 13. The van der Waals surface area contributed by atoms with Crippen LogP contribution in [-0.4, -0.2) is 17.0 Å². The summed E-state index contributed by atoms with van der Waals surface area (Å²) in [4.78, 5) is 26.3. The molecule has 25 heavy (non-hydrogen) atoms. The first-order valence-corrected chi connectivity index (χ1v) is 10.5. The zero-order valence-corrected chi connectivity index (χ0v) is 16.6. The molecule has 0 heterocycles. The summed E-state index contributed by atoms with van der Waals surface area (Å²) >= 11 is 0. The molecule has 1 N–H and O–H groups in total. The van der Waals surface area contributed by atoms with Crippen molar-refractivity contribution in [3.8, 4) is 0 Å². The fourth-order valence-electron chi connectivity index (χ4n) is 3.31. The number of rotatable bonds is 18. The second-order valence-electron chi connectivity index (χ2n) is 7.40. The Kier molecular flexibility index (Phi) is 17.3. The molecule has 0 aliphatic heterocycles. The Balaban J connectivity index is 3.39. The van der Waals surface area contributed by atoms with Crippen LogP contribution in [0.3, 0.4) is 0 Å². The molecule has 0 rings (SSSR count). The lowest BCUT2D eigenvalue weighted by atomic mass is 9.95. The molecule has 0 aliphatic carbocycles. The maximum Gasteiger partial charge on any atom is 0.345 e. The van der Waals surface area contributed by atoms with Gasteiger partial charge in [0.25, 0.3) is 0 Å². The van der Waals surface area contributed by atoms with Crippen LogP contribution >= 0.6 is 0 Å². The Labute approximate surface area is 154 Å². The number of hydrogen-bond donors (Lipinski definition) is 1. The van der Waals surface area contributed by atoms with E-state index in [1.54, 1.807) is 0 Å². The molecule has 0 aliphatic rings. The van der Waals surface area contributed by atoms with Gasteiger partial charge in [0, 0.05) is 6.42 Å². The van der Waals surface area contributed by atoms with E-state index in [-0.39, 0.29) is 12.2 Å². The van der Waals surface area contributed by atoms with Crippen molar-refractivity contribution < 1.29 is 19.7 Å². The average molecular weight is 357 g/mol. The van der Waals surface area contributed by atoms with Gasteiger partial charge in [0.05, 0.1) is 5.92 Å². The molecule has 0 aromatic carbocycles. The summed E-state index contributed by atoms with van der Waals surface area (Å²) in [5.74, 6) is -1.20. The largest absolute Gasteiger partial charge is 0.345 e. The van der Waals surface area contributed by atoms with Crippen LogP contribution in [0.1, 0.15) is 117 Å². The fourth-order valence-corrected chi connectivity index (χ4v) is 3.31. The lowest BCUT2D eigenvalue weighted by molar-refractivity contribution is -0.239. The average Bonchev–Trinajstić information content (AvgIpc) is 2.60. The first-order chi connectivity index (χ1) is 12.1. The Morgan fingerprint density at radius 1 is 0.760 bits per heavy atom. The maximum absolute atomic E-state index is 11.4. The van der Waals surface area contributed by atoms with E-state index >= 15 is 0 Å². The molecule has 148 valence electrons. The third kappa shape index (κ3) is 16.3. The van der Waals surface area contributed by atoms with E-state index < -0.39 is 11.9 Å². The van der Waals surface area contributed by atoms with E-state index in [9.17, 15) is 9.59 Å². The Morgan fingerprint density at radius 2 is 1.16 bits per heavy atom. The van der Waals surface area contributed by atoms with Crippen molar-refractivity contribution >= 4 is 11.8 Å². The van der Waals surface area contributed by atoms with Gasteiger partial charge in [0.2, 0.25) is 0 Å². The topological polar surface area (TPSA) is 63.6 Å². The summed E-state index contributed by atoms with van der Waals surface area (Å²) < 4.78 is 0. The van der Waals surface area contributed by atoms with Crippen molar-refractivity contribution in [2.45, 2.75) is 117 Å². The summed E-state index contributed by atoms with van der Waals surface area (Å²) in [6, 6.07) is 0. The molecule has 1 unspecified atom stereocenters. The van der Waals surface area contributed by atoms with Crippen LogP contribution in [0.15, 0.2) is 0 Å². The van der Waals surface area contributed by atoms with Crippen molar-refractivity contribution in [1.29, 1.82) is 0 Å². The quantitative estimate of drug-likeness (QED) is 0.174. The van der Waals surface area contributed by atoms with Gasteiger partial charge in [-0.05, 0) is 13.3 Å². The highest BCUT2D eigenvalue weighted by Crippen LogP contribution is 2.18. The summed E-state index contributed by atoms with van der Waals surface area (Å²) in [5, 5.41) is 8.47. The van der Waals surface area contributed by atoms with E-state index in [0.717, 1.165) is 12.8 Å². The maximum atomic E-state index is 11.4. The molecule has 4 nitrogen and oxygen atoms in total. The van der Waals surface area contributed by atoms with E-state index in [1.165, 1.54) is 84.0 Å². The summed E-state index contributed by atoms with van der Waals surface area (Å²) in [6.07, 6.45) is 18.9. The molecule has 0 spiro atoms. The van der Waals surface area contributed by atoms with Crippen molar-refractivity contribution in [2.75, 3.05) is 0 Å². The van der Waals surface area contributed by atoms with E-state index in [1.807, 2.05) is 0 Å². The van der Waals surface area contributed by atoms with E-state index in [2.05, 4.69) is 11.8 Å². The highest BCUT2D eigenvalue weighted by molar-refractivity contribution is 5.82. The van der Waals surface area contributed by atoms with Gasteiger partial charge in [0.1, 0.15) is 5.78 Å². The molecular weight excluding hydrogens is 316 g/mol.